The average Bonchev–Trinajstić information content (AvgIpc) is 3.20. The Balaban J connectivity index is 1.35. The molecule has 2 aromatic carbocycles. The van der Waals surface area contributed by atoms with E-state index in [-0.39, 0.29) is 29.5 Å². The summed E-state index contributed by atoms with van der Waals surface area (Å²) in [6.45, 7) is 2.78. The van der Waals surface area contributed by atoms with Crippen LogP contribution in [0.1, 0.15) is 79.8 Å². The van der Waals surface area contributed by atoms with Crippen molar-refractivity contribution in [2.75, 3.05) is 6.54 Å². The van der Waals surface area contributed by atoms with Crippen LogP contribution in [0, 0.1) is 5.92 Å². The van der Waals surface area contributed by atoms with Crippen molar-refractivity contribution in [2.45, 2.75) is 83.3 Å². The molecule has 1 fully saturated rings. The summed E-state index contributed by atoms with van der Waals surface area (Å²) in [4.78, 5) is 25.4. The number of nitrogens with zero attached hydrogens (tertiary/aromatic N) is 1. The zero-order valence-electron chi connectivity index (χ0n) is 20.4. The van der Waals surface area contributed by atoms with Gasteiger partial charge in [-0.05, 0) is 74.1 Å². The number of aryl methyl sites for hydroxylation is 1. The Labute approximate surface area is 203 Å². The predicted octanol–water partition coefficient (Wildman–Crippen LogP) is 5.50. The SMILES string of the molecule is C[C@@H](CCCCCc1ccccc1)[C@H](O)CC[C@H]1CCC(=O)N1CCc1ccc(C(=O)O)cc1. The largest absolute Gasteiger partial charge is 0.478 e. The van der Waals surface area contributed by atoms with E-state index in [1.807, 2.05) is 17.0 Å². The topological polar surface area (TPSA) is 77.8 Å². The van der Waals surface area contributed by atoms with Crippen LogP contribution in [0.2, 0.25) is 0 Å². The first-order valence-corrected chi connectivity index (χ1v) is 12.8. The molecule has 1 saturated heterocycles. The van der Waals surface area contributed by atoms with Gasteiger partial charge in [-0.3, -0.25) is 4.79 Å². The van der Waals surface area contributed by atoms with E-state index >= 15 is 0 Å². The molecule has 0 unspecified atom stereocenters. The minimum absolute atomic E-state index is 0.188. The van der Waals surface area contributed by atoms with Crippen LogP contribution >= 0.6 is 0 Å². The predicted molar refractivity (Wildman–Crippen MR) is 135 cm³/mol. The first-order valence-electron chi connectivity index (χ1n) is 12.8. The highest BCUT2D eigenvalue weighted by atomic mass is 16.4. The lowest BCUT2D eigenvalue weighted by atomic mass is 9.92. The zero-order valence-corrected chi connectivity index (χ0v) is 20.4. The first kappa shape index (κ1) is 26.0. The van der Waals surface area contributed by atoms with Gasteiger partial charge in [-0.15, -0.1) is 0 Å². The lowest BCUT2D eigenvalue weighted by Gasteiger charge is -2.27. The van der Waals surface area contributed by atoms with E-state index in [1.165, 1.54) is 18.4 Å². The molecule has 184 valence electrons. The zero-order chi connectivity index (χ0) is 24.3. The van der Waals surface area contributed by atoms with Gasteiger partial charge in [0.2, 0.25) is 5.91 Å². The second-order valence-electron chi connectivity index (χ2n) is 9.74. The number of amides is 1. The van der Waals surface area contributed by atoms with Crippen LogP contribution in [0.15, 0.2) is 54.6 Å². The Hall–Kier alpha value is -2.66. The molecule has 5 heteroatoms. The molecule has 0 aromatic heterocycles. The van der Waals surface area contributed by atoms with E-state index in [0.717, 1.165) is 44.1 Å². The van der Waals surface area contributed by atoms with E-state index in [2.05, 4.69) is 37.3 Å². The number of hydrogen-bond donors (Lipinski definition) is 2. The molecule has 1 aliphatic heterocycles. The summed E-state index contributed by atoms with van der Waals surface area (Å²) >= 11 is 0. The van der Waals surface area contributed by atoms with Crippen molar-refractivity contribution in [3.63, 3.8) is 0 Å². The minimum atomic E-state index is -0.929. The molecule has 2 aromatic rings. The molecule has 0 radical (unpaired) electrons. The molecule has 1 aliphatic rings. The van der Waals surface area contributed by atoms with E-state index in [9.17, 15) is 14.7 Å². The highest BCUT2D eigenvalue weighted by Gasteiger charge is 2.31. The highest BCUT2D eigenvalue weighted by Crippen LogP contribution is 2.26. The molecule has 5 nitrogen and oxygen atoms in total. The molecule has 0 saturated carbocycles. The summed E-state index contributed by atoms with van der Waals surface area (Å²) < 4.78 is 0. The molecule has 1 amide bonds. The summed E-state index contributed by atoms with van der Waals surface area (Å²) in [6.07, 6.45) is 9.06. The van der Waals surface area contributed by atoms with Crippen LogP contribution < -0.4 is 0 Å². The Morgan fingerprint density at radius 3 is 2.38 bits per heavy atom. The van der Waals surface area contributed by atoms with Gasteiger partial charge in [-0.2, -0.15) is 0 Å². The number of likely N-dealkylation sites (tertiary alicyclic amines) is 1. The van der Waals surface area contributed by atoms with Crippen molar-refractivity contribution in [1.29, 1.82) is 0 Å². The molecule has 0 aliphatic carbocycles. The molecule has 1 heterocycles. The smallest absolute Gasteiger partial charge is 0.335 e. The van der Waals surface area contributed by atoms with Gasteiger partial charge in [-0.25, -0.2) is 4.79 Å². The third-order valence-corrected chi connectivity index (χ3v) is 7.22. The number of aromatic carboxylic acids is 1. The molecule has 34 heavy (non-hydrogen) atoms. The fourth-order valence-corrected chi connectivity index (χ4v) is 4.92. The highest BCUT2D eigenvalue weighted by molar-refractivity contribution is 5.87. The lowest BCUT2D eigenvalue weighted by molar-refractivity contribution is -0.129. The number of aliphatic hydroxyl groups excluding tert-OH is 1. The maximum atomic E-state index is 12.4. The van der Waals surface area contributed by atoms with Crippen LogP contribution in [0.4, 0.5) is 0 Å². The maximum absolute atomic E-state index is 12.4. The summed E-state index contributed by atoms with van der Waals surface area (Å²) in [5.41, 5.74) is 2.70. The number of unbranched alkanes of at least 4 members (excludes halogenated alkanes) is 2. The van der Waals surface area contributed by atoms with Gasteiger partial charge in [0.25, 0.3) is 0 Å². The number of carbonyl (C=O) groups excluding carboxylic acids is 1. The van der Waals surface area contributed by atoms with Gasteiger partial charge in [0.15, 0.2) is 0 Å². The molecule has 0 spiro atoms. The van der Waals surface area contributed by atoms with Crippen molar-refractivity contribution < 1.29 is 19.8 Å². The molecule has 0 bridgehead atoms. The average molecular weight is 466 g/mol. The van der Waals surface area contributed by atoms with Gasteiger partial charge in [0.1, 0.15) is 0 Å². The summed E-state index contributed by atoms with van der Waals surface area (Å²) in [5, 5.41) is 19.7. The number of aliphatic hydroxyl groups is 1. The Kier molecular flexibility index (Phi) is 10.1. The fourth-order valence-electron chi connectivity index (χ4n) is 4.92. The standard InChI is InChI=1S/C29H39NO4/c1-22(8-4-2-5-9-23-10-6-3-7-11-23)27(31)18-16-26-17-19-28(32)30(26)21-20-24-12-14-25(15-13-24)29(33)34/h3,6-7,10-15,22,26-27,31H,2,4-5,8-9,16-21H2,1H3,(H,33,34)/t22-,26-,27+/m0/s1. The lowest BCUT2D eigenvalue weighted by Crippen LogP contribution is -2.35. The van der Waals surface area contributed by atoms with Crippen LogP contribution in [0.3, 0.4) is 0 Å². The quantitative estimate of drug-likeness (QED) is 0.361. The van der Waals surface area contributed by atoms with Gasteiger partial charge in [0.05, 0.1) is 11.7 Å². The molecule has 2 N–H and O–H groups in total. The number of carboxylic acids is 1. The van der Waals surface area contributed by atoms with Crippen LogP contribution in [0.25, 0.3) is 0 Å². The van der Waals surface area contributed by atoms with E-state index in [4.69, 9.17) is 5.11 Å². The second-order valence-corrected chi connectivity index (χ2v) is 9.74. The number of carbonyl (C=O) groups is 2. The van der Waals surface area contributed by atoms with Gasteiger partial charge in [0, 0.05) is 19.0 Å². The third-order valence-electron chi connectivity index (χ3n) is 7.22. The molecular weight excluding hydrogens is 426 g/mol. The Morgan fingerprint density at radius 1 is 0.971 bits per heavy atom. The monoisotopic (exact) mass is 465 g/mol. The van der Waals surface area contributed by atoms with Crippen molar-refractivity contribution in [3.8, 4) is 0 Å². The fraction of sp³-hybridized carbons (Fsp3) is 0.517. The van der Waals surface area contributed by atoms with Crippen molar-refractivity contribution in [2.24, 2.45) is 5.92 Å². The van der Waals surface area contributed by atoms with E-state index < -0.39 is 5.97 Å². The number of carboxylic acid groups (broad SMARTS) is 1. The summed E-state index contributed by atoms with van der Waals surface area (Å²) in [5.74, 6) is -0.468. The molecule has 3 rings (SSSR count). The third kappa shape index (κ3) is 7.98. The van der Waals surface area contributed by atoms with Crippen molar-refractivity contribution in [3.05, 3.63) is 71.3 Å². The summed E-state index contributed by atoms with van der Waals surface area (Å²) in [7, 11) is 0. The van der Waals surface area contributed by atoms with Crippen LogP contribution in [-0.2, 0) is 17.6 Å². The first-order chi connectivity index (χ1) is 16.4. The number of benzene rings is 2. The Morgan fingerprint density at radius 2 is 1.68 bits per heavy atom. The Bertz CT molecular complexity index is 896. The van der Waals surface area contributed by atoms with E-state index in [0.29, 0.717) is 19.4 Å². The molecular formula is C29H39NO4. The molecule has 3 atom stereocenters. The second kappa shape index (κ2) is 13.3. The van der Waals surface area contributed by atoms with Crippen molar-refractivity contribution >= 4 is 11.9 Å². The van der Waals surface area contributed by atoms with Gasteiger partial charge < -0.3 is 15.1 Å². The maximum Gasteiger partial charge on any atom is 0.335 e. The number of rotatable bonds is 14. The van der Waals surface area contributed by atoms with Crippen LogP contribution in [0.5, 0.6) is 0 Å². The van der Waals surface area contributed by atoms with Crippen LogP contribution in [-0.4, -0.2) is 45.7 Å². The van der Waals surface area contributed by atoms with Gasteiger partial charge in [-0.1, -0.05) is 62.2 Å². The normalized spacial score (nSPS) is 17.6. The number of hydrogen-bond acceptors (Lipinski definition) is 3. The summed E-state index contributed by atoms with van der Waals surface area (Å²) in [6, 6.07) is 17.6. The minimum Gasteiger partial charge on any atom is -0.478 e. The van der Waals surface area contributed by atoms with E-state index in [1.54, 1.807) is 12.1 Å². The van der Waals surface area contributed by atoms with Gasteiger partial charge >= 0.3 is 5.97 Å². The van der Waals surface area contributed by atoms with Crippen molar-refractivity contribution in [1.82, 2.24) is 4.90 Å².